The number of aliphatic hydroxyl groups excluding tert-OH is 1. The van der Waals surface area contributed by atoms with Crippen molar-refractivity contribution in [3.05, 3.63) is 48.5 Å². The van der Waals surface area contributed by atoms with Crippen molar-refractivity contribution in [3.63, 3.8) is 0 Å². The van der Waals surface area contributed by atoms with Crippen molar-refractivity contribution < 1.29 is 19.3 Å². The van der Waals surface area contributed by atoms with E-state index in [1.165, 1.54) is 0 Å². The normalized spacial score (nSPS) is 14.4. The van der Waals surface area contributed by atoms with Gasteiger partial charge in [0.25, 0.3) is 0 Å². The van der Waals surface area contributed by atoms with Crippen LogP contribution in [0.4, 0.5) is 0 Å². The molecule has 3 rings (SSSR count). The maximum atomic E-state index is 8.75. The molecule has 1 aliphatic rings. The van der Waals surface area contributed by atoms with Crippen molar-refractivity contribution in [2.45, 2.75) is 0 Å². The Kier molecular flexibility index (Phi) is 4.93. The van der Waals surface area contributed by atoms with Crippen LogP contribution in [0.1, 0.15) is 0 Å². The Bertz CT molecular complexity index is 590. The fourth-order valence-corrected chi connectivity index (χ4v) is 2.19. The van der Waals surface area contributed by atoms with Gasteiger partial charge >= 0.3 is 0 Å². The average Bonchev–Trinajstić information content (AvgIpc) is 2.52. The molecule has 1 heterocycles. The average molecular weight is 299 g/mol. The van der Waals surface area contributed by atoms with Gasteiger partial charge in [0, 0.05) is 5.92 Å². The van der Waals surface area contributed by atoms with E-state index >= 15 is 0 Å². The molecule has 0 unspecified atom stereocenters. The molecule has 0 aliphatic carbocycles. The zero-order valence-corrected chi connectivity index (χ0v) is 12.3. The smallest absolute Gasteiger partial charge is 0.119 e. The van der Waals surface area contributed by atoms with Gasteiger partial charge in [-0.25, -0.2) is 0 Å². The third-order valence-electron chi connectivity index (χ3n) is 3.49. The first-order chi connectivity index (χ1) is 10.8. The first-order valence-corrected chi connectivity index (χ1v) is 7.41. The molecular weight excluding hydrogens is 280 g/mol. The monoisotopic (exact) mass is 299 g/mol. The van der Waals surface area contributed by atoms with E-state index in [0.717, 1.165) is 35.8 Å². The van der Waals surface area contributed by atoms with E-state index in [1.807, 2.05) is 42.5 Å². The molecule has 0 spiro atoms. The molecule has 2 aromatic carbocycles. The zero-order valence-electron chi connectivity index (χ0n) is 12.3. The van der Waals surface area contributed by atoms with Gasteiger partial charge in [0.05, 0.1) is 26.4 Å². The first-order valence-electron chi connectivity index (χ1n) is 7.41. The maximum absolute atomic E-state index is 8.75. The molecule has 0 amide bonds. The van der Waals surface area contributed by atoms with Crippen molar-refractivity contribution in [1.29, 1.82) is 0 Å². The lowest BCUT2D eigenvalue weighted by atomic mass is 10.1. The summed E-state index contributed by atoms with van der Waals surface area (Å²) in [5.74, 6) is 2.10. The van der Waals surface area contributed by atoms with Gasteiger partial charge in [0.15, 0.2) is 0 Å². The van der Waals surface area contributed by atoms with Crippen molar-refractivity contribution in [2.75, 3.05) is 33.0 Å². The third-order valence-corrected chi connectivity index (χ3v) is 3.49. The fraction of sp³-hybridized carbons (Fsp3) is 0.333. The topological polar surface area (TPSA) is 47.9 Å². The standard InChI is InChI=1S/C18H19O4/c19-8-9-21-17-6-4-15(5-7-17)16-2-1-3-18(10-16)22-13-14-11-20-12-14/h1,3-7,10,14,19H,8-9,11-13H2. The van der Waals surface area contributed by atoms with Gasteiger partial charge in [-0.3, -0.25) is 0 Å². The second-order valence-electron chi connectivity index (χ2n) is 5.25. The maximum Gasteiger partial charge on any atom is 0.119 e. The lowest BCUT2D eigenvalue weighted by molar-refractivity contribution is -0.0508. The Morgan fingerprint density at radius 3 is 2.59 bits per heavy atom. The van der Waals surface area contributed by atoms with Crippen LogP contribution in [0, 0.1) is 12.0 Å². The molecule has 0 saturated carbocycles. The van der Waals surface area contributed by atoms with Gasteiger partial charge in [-0.05, 0) is 41.5 Å². The minimum atomic E-state index is 0.0148. The zero-order chi connectivity index (χ0) is 15.2. The summed E-state index contributed by atoms with van der Waals surface area (Å²) in [5.41, 5.74) is 2.03. The summed E-state index contributed by atoms with van der Waals surface area (Å²) >= 11 is 0. The second-order valence-corrected chi connectivity index (χ2v) is 5.25. The van der Waals surface area contributed by atoms with Crippen molar-refractivity contribution in [3.8, 4) is 22.6 Å². The molecule has 0 atom stereocenters. The number of aliphatic hydroxyl groups is 1. The summed E-state index contributed by atoms with van der Waals surface area (Å²) in [6.45, 7) is 2.60. The summed E-state index contributed by atoms with van der Waals surface area (Å²) in [6, 6.07) is 16.7. The van der Waals surface area contributed by atoms with E-state index in [4.69, 9.17) is 19.3 Å². The highest BCUT2D eigenvalue weighted by molar-refractivity contribution is 5.65. The predicted octanol–water partition coefficient (Wildman–Crippen LogP) is 2.55. The highest BCUT2D eigenvalue weighted by Crippen LogP contribution is 2.26. The highest BCUT2D eigenvalue weighted by Gasteiger charge is 2.18. The third kappa shape index (κ3) is 3.78. The van der Waals surface area contributed by atoms with E-state index in [-0.39, 0.29) is 6.61 Å². The van der Waals surface area contributed by atoms with E-state index in [9.17, 15) is 0 Å². The van der Waals surface area contributed by atoms with Crippen molar-refractivity contribution in [2.24, 2.45) is 5.92 Å². The molecule has 1 saturated heterocycles. The Hall–Kier alpha value is -2.04. The van der Waals surface area contributed by atoms with E-state index < -0.39 is 0 Å². The molecule has 2 aromatic rings. The van der Waals surface area contributed by atoms with E-state index in [2.05, 4.69) is 6.07 Å². The highest BCUT2D eigenvalue weighted by atomic mass is 16.5. The Labute approximate surface area is 130 Å². The van der Waals surface area contributed by atoms with E-state index in [0.29, 0.717) is 19.1 Å². The van der Waals surface area contributed by atoms with Crippen LogP contribution in [-0.2, 0) is 4.74 Å². The summed E-state index contributed by atoms with van der Waals surface area (Å²) < 4.78 is 16.3. The van der Waals surface area contributed by atoms with E-state index in [1.54, 1.807) is 0 Å². The Balaban J connectivity index is 1.65. The summed E-state index contributed by atoms with van der Waals surface area (Å²) in [4.78, 5) is 0. The Morgan fingerprint density at radius 2 is 1.91 bits per heavy atom. The molecule has 1 fully saturated rings. The van der Waals surface area contributed by atoms with Crippen molar-refractivity contribution >= 4 is 0 Å². The van der Waals surface area contributed by atoms with Crippen LogP contribution in [0.25, 0.3) is 11.1 Å². The first kappa shape index (κ1) is 14.9. The van der Waals surface area contributed by atoms with Crippen LogP contribution in [0.15, 0.2) is 42.5 Å². The minimum absolute atomic E-state index is 0.0148. The van der Waals surface area contributed by atoms with Gasteiger partial charge in [-0.2, -0.15) is 0 Å². The van der Waals surface area contributed by atoms with Crippen molar-refractivity contribution in [1.82, 2.24) is 0 Å². The summed E-state index contributed by atoms with van der Waals surface area (Å²) in [7, 11) is 0. The number of hydrogen-bond acceptors (Lipinski definition) is 4. The molecule has 0 aromatic heterocycles. The molecule has 1 radical (unpaired) electrons. The number of hydrogen-bond donors (Lipinski definition) is 1. The predicted molar refractivity (Wildman–Crippen MR) is 83.1 cm³/mol. The van der Waals surface area contributed by atoms with Crippen LogP contribution >= 0.6 is 0 Å². The number of benzene rings is 2. The van der Waals surface area contributed by atoms with Crippen LogP contribution in [0.5, 0.6) is 11.5 Å². The summed E-state index contributed by atoms with van der Waals surface area (Å²) in [5, 5.41) is 8.75. The van der Waals surface area contributed by atoms with Gasteiger partial charge in [0.1, 0.15) is 18.1 Å². The number of rotatable bonds is 7. The SMILES string of the molecule is OCCOc1ccc(-c2[c]ccc(OCC3COC3)c2)cc1. The van der Waals surface area contributed by atoms with Gasteiger partial charge < -0.3 is 19.3 Å². The molecule has 4 heteroatoms. The molecule has 4 nitrogen and oxygen atoms in total. The molecule has 1 N–H and O–H groups in total. The number of ether oxygens (including phenoxy) is 3. The quantitative estimate of drug-likeness (QED) is 0.853. The molecule has 22 heavy (non-hydrogen) atoms. The van der Waals surface area contributed by atoms with Gasteiger partial charge in [0.2, 0.25) is 0 Å². The lowest BCUT2D eigenvalue weighted by Crippen LogP contribution is -2.32. The molecular formula is C18H19O4. The molecule has 1 aliphatic heterocycles. The van der Waals surface area contributed by atoms with Crippen LogP contribution in [-0.4, -0.2) is 38.1 Å². The van der Waals surface area contributed by atoms with Crippen LogP contribution in [0.3, 0.4) is 0 Å². The fourth-order valence-electron chi connectivity index (χ4n) is 2.19. The summed E-state index contributed by atoms with van der Waals surface area (Å²) in [6.07, 6.45) is 0. The Morgan fingerprint density at radius 1 is 1.09 bits per heavy atom. The second kappa shape index (κ2) is 7.29. The minimum Gasteiger partial charge on any atom is -0.493 e. The van der Waals surface area contributed by atoms with Gasteiger partial charge in [-0.1, -0.05) is 18.2 Å². The van der Waals surface area contributed by atoms with Crippen LogP contribution < -0.4 is 9.47 Å². The molecule has 115 valence electrons. The lowest BCUT2D eigenvalue weighted by Gasteiger charge is -2.25. The largest absolute Gasteiger partial charge is 0.493 e. The van der Waals surface area contributed by atoms with Crippen LogP contribution in [0.2, 0.25) is 0 Å². The molecule has 0 bridgehead atoms. The van der Waals surface area contributed by atoms with Gasteiger partial charge in [-0.15, -0.1) is 0 Å².